The van der Waals surface area contributed by atoms with E-state index in [0.29, 0.717) is 17.8 Å². The van der Waals surface area contributed by atoms with Gasteiger partial charge >= 0.3 is 0 Å². The maximum Gasteiger partial charge on any atom is 0.273 e. The fourth-order valence-corrected chi connectivity index (χ4v) is 3.25. The van der Waals surface area contributed by atoms with E-state index in [1.54, 1.807) is 30.0 Å². The lowest BCUT2D eigenvalue weighted by molar-refractivity contribution is -0.385. The van der Waals surface area contributed by atoms with E-state index in [9.17, 15) is 19.7 Å². The number of nitrogens with zero attached hydrogens (tertiary/aromatic N) is 2. The Morgan fingerprint density at radius 3 is 2.69 bits per heavy atom. The van der Waals surface area contributed by atoms with E-state index >= 15 is 0 Å². The zero-order chi connectivity index (χ0) is 18.8. The topological polar surface area (TPSA) is 92.6 Å². The molecule has 0 unspecified atom stereocenters. The predicted molar refractivity (Wildman–Crippen MR) is 98.6 cm³/mol. The molecule has 2 aromatic rings. The monoisotopic (exact) mass is 353 g/mol. The summed E-state index contributed by atoms with van der Waals surface area (Å²) in [7, 11) is 0. The lowest BCUT2D eigenvalue weighted by Crippen LogP contribution is -2.33. The fraction of sp³-hybridized carbons (Fsp3) is 0.263. The first-order valence-electron chi connectivity index (χ1n) is 8.35. The normalized spacial score (nSPS) is 13.1. The highest BCUT2D eigenvalue weighted by Crippen LogP contribution is 2.30. The number of hydrogen-bond donors (Lipinski definition) is 1. The zero-order valence-corrected chi connectivity index (χ0v) is 14.6. The third-order valence-electron chi connectivity index (χ3n) is 4.59. The molecule has 0 saturated heterocycles. The third kappa shape index (κ3) is 3.28. The fourth-order valence-electron chi connectivity index (χ4n) is 3.25. The van der Waals surface area contributed by atoms with Gasteiger partial charge in [-0.1, -0.05) is 12.1 Å². The van der Waals surface area contributed by atoms with Gasteiger partial charge in [-0.25, -0.2) is 0 Å². The molecular weight excluding hydrogens is 334 g/mol. The SMILES string of the molecule is CC(=O)N1CCCc2ccc(NC(=O)c3cccc([N+](=O)[O-])c3C)cc21. The average molecular weight is 353 g/mol. The summed E-state index contributed by atoms with van der Waals surface area (Å²) < 4.78 is 0. The molecule has 0 aliphatic carbocycles. The Bertz CT molecular complexity index is 908. The Labute approximate surface area is 150 Å². The molecule has 1 heterocycles. The second-order valence-electron chi connectivity index (χ2n) is 6.28. The van der Waals surface area contributed by atoms with Crippen molar-refractivity contribution in [1.29, 1.82) is 0 Å². The molecule has 0 bridgehead atoms. The highest BCUT2D eigenvalue weighted by Gasteiger charge is 2.22. The van der Waals surface area contributed by atoms with Crippen molar-refractivity contribution < 1.29 is 14.5 Å². The van der Waals surface area contributed by atoms with Crippen LogP contribution >= 0.6 is 0 Å². The van der Waals surface area contributed by atoms with E-state index < -0.39 is 10.8 Å². The second-order valence-corrected chi connectivity index (χ2v) is 6.28. The maximum absolute atomic E-state index is 12.6. The molecule has 0 atom stereocenters. The smallest absolute Gasteiger partial charge is 0.273 e. The third-order valence-corrected chi connectivity index (χ3v) is 4.59. The van der Waals surface area contributed by atoms with Gasteiger partial charge in [-0.2, -0.15) is 0 Å². The van der Waals surface area contributed by atoms with E-state index in [2.05, 4.69) is 5.32 Å². The summed E-state index contributed by atoms with van der Waals surface area (Å²) in [6, 6.07) is 9.88. The number of hydrogen-bond acceptors (Lipinski definition) is 4. The van der Waals surface area contributed by atoms with E-state index in [1.165, 1.54) is 19.1 Å². The summed E-state index contributed by atoms with van der Waals surface area (Å²) in [5.74, 6) is -0.458. The molecule has 0 fully saturated rings. The highest BCUT2D eigenvalue weighted by atomic mass is 16.6. The Hall–Kier alpha value is -3.22. The molecule has 26 heavy (non-hydrogen) atoms. The lowest BCUT2D eigenvalue weighted by Gasteiger charge is -2.29. The zero-order valence-electron chi connectivity index (χ0n) is 14.6. The van der Waals surface area contributed by atoms with Crippen LogP contribution in [0.15, 0.2) is 36.4 Å². The van der Waals surface area contributed by atoms with Crippen molar-refractivity contribution in [2.75, 3.05) is 16.8 Å². The van der Waals surface area contributed by atoms with Gasteiger partial charge in [0, 0.05) is 42.0 Å². The summed E-state index contributed by atoms with van der Waals surface area (Å²) >= 11 is 0. The standard InChI is InChI=1S/C19H19N3O4/c1-12-16(6-3-7-17(12)22(25)26)19(24)20-15-9-8-14-5-4-10-21(13(2)23)18(14)11-15/h3,6-9,11H,4-5,10H2,1-2H3,(H,20,24). The van der Waals surface area contributed by atoms with Crippen molar-refractivity contribution in [2.24, 2.45) is 0 Å². The van der Waals surface area contributed by atoms with Gasteiger partial charge in [0.05, 0.1) is 4.92 Å². The van der Waals surface area contributed by atoms with Gasteiger partial charge in [-0.15, -0.1) is 0 Å². The number of amides is 2. The minimum Gasteiger partial charge on any atom is -0.322 e. The van der Waals surface area contributed by atoms with Crippen LogP contribution in [0.1, 0.15) is 34.8 Å². The molecule has 134 valence electrons. The van der Waals surface area contributed by atoms with Crippen LogP contribution in [-0.4, -0.2) is 23.3 Å². The molecule has 0 spiro atoms. The average Bonchev–Trinajstić information content (AvgIpc) is 2.60. The Kier molecular flexibility index (Phi) is 4.71. The Morgan fingerprint density at radius 2 is 2.00 bits per heavy atom. The van der Waals surface area contributed by atoms with Gasteiger partial charge in [0.15, 0.2) is 0 Å². The predicted octanol–water partition coefficient (Wildman–Crippen LogP) is 3.45. The Balaban J connectivity index is 1.89. The Morgan fingerprint density at radius 1 is 1.23 bits per heavy atom. The minimum absolute atomic E-state index is 0.0380. The largest absolute Gasteiger partial charge is 0.322 e. The highest BCUT2D eigenvalue weighted by molar-refractivity contribution is 6.06. The molecule has 1 N–H and O–H groups in total. The first-order chi connectivity index (χ1) is 12.4. The molecule has 1 aliphatic rings. The molecule has 7 nitrogen and oxygen atoms in total. The minimum atomic E-state index is -0.504. The number of aryl methyl sites for hydroxylation is 1. The van der Waals surface area contributed by atoms with Gasteiger partial charge in [0.1, 0.15) is 0 Å². The van der Waals surface area contributed by atoms with Crippen LogP contribution in [0.5, 0.6) is 0 Å². The van der Waals surface area contributed by atoms with Crippen molar-refractivity contribution in [2.45, 2.75) is 26.7 Å². The van der Waals surface area contributed by atoms with Crippen LogP contribution in [-0.2, 0) is 11.2 Å². The first kappa shape index (κ1) is 17.6. The van der Waals surface area contributed by atoms with Gasteiger partial charge in [0.2, 0.25) is 5.91 Å². The number of anilines is 2. The molecule has 1 aliphatic heterocycles. The number of benzene rings is 2. The van der Waals surface area contributed by atoms with Crippen LogP contribution in [0.2, 0.25) is 0 Å². The van der Waals surface area contributed by atoms with E-state index in [4.69, 9.17) is 0 Å². The number of carbonyl (C=O) groups excluding carboxylic acids is 2. The van der Waals surface area contributed by atoms with Crippen LogP contribution in [0.3, 0.4) is 0 Å². The van der Waals surface area contributed by atoms with Crippen LogP contribution < -0.4 is 10.2 Å². The van der Waals surface area contributed by atoms with Gasteiger partial charge in [0.25, 0.3) is 11.6 Å². The van der Waals surface area contributed by atoms with Gasteiger partial charge in [-0.3, -0.25) is 19.7 Å². The first-order valence-corrected chi connectivity index (χ1v) is 8.35. The summed E-state index contributed by atoms with van der Waals surface area (Å²) in [5, 5.41) is 13.8. The number of rotatable bonds is 3. The maximum atomic E-state index is 12.6. The number of nitrogens with one attached hydrogen (secondary N) is 1. The van der Waals surface area contributed by atoms with Crippen molar-refractivity contribution >= 4 is 28.9 Å². The number of carbonyl (C=O) groups is 2. The molecular formula is C19H19N3O4. The molecule has 0 aromatic heterocycles. The lowest BCUT2D eigenvalue weighted by atomic mass is 10.0. The number of nitro benzene ring substituents is 1. The van der Waals surface area contributed by atoms with Crippen molar-refractivity contribution in [3.8, 4) is 0 Å². The van der Waals surface area contributed by atoms with E-state index in [-0.39, 0.29) is 17.2 Å². The van der Waals surface area contributed by atoms with E-state index in [0.717, 1.165) is 24.1 Å². The quantitative estimate of drug-likeness (QED) is 0.675. The molecule has 0 radical (unpaired) electrons. The van der Waals surface area contributed by atoms with Crippen LogP contribution in [0.4, 0.5) is 17.1 Å². The number of nitro groups is 1. The molecule has 3 rings (SSSR count). The van der Waals surface area contributed by atoms with E-state index in [1.807, 2.05) is 6.07 Å². The molecule has 2 amide bonds. The van der Waals surface area contributed by atoms with Gasteiger partial charge < -0.3 is 10.2 Å². The molecule has 2 aromatic carbocycles. The van der Waals surface area contributed by atoms with Crippen molar-refractivity contribution in [3.63, 3.8) is 0 Å². The molecule has 0 saturated carbocycles. The van der Waals surface area contributed by atoms with Crippen LogP contribution in [0, 0.1) is 17.0 Å². The summed E-state index contributed by atoms with van der Waals surface area (Å²) in [6.45, 7) is 3.73. The summed E-state index contributed by atoms with van der Waals surface area (Å²) in [6.07, 6.45) is 1.79. The van der Waals surface area contributed by atoms with Gasteiger partial charge in [-0.05, 0) is 43.5 Å². The van der Waals surface area contributed by atoms with Crippen molar-refractivity contribution in [1.82, 2.24) is 0 Å². The second kappa shape index (κ2) is 6.95. The van der Waals surface area contributed by atoms with Crippen molar-refractivity contribution in [3.05, 3.63) is 63.2 Å². The number of fused-ring (bicyclic) bond motifs is 1. The van der Waals surface area contributed by atoms with Crippen LogP contribution in [0.25, 0.3) is 0 Å². The summed E-state index contributed by atoms with van der Waals surface area (Å²) in [5.41, 5.74) is 2.89. The summed E-state index contributed by atoms with van der Waals surface area (Å²) in [4.78, 5) is 36.7. The molecule has 7 heteroatoms.